The van der Waals surface area contributed by atoms with Crippen LogP contribution in [0.5, 0.6) is 0 Å². The number of hydrogen-bond donors (Lipinski definition) is 2. The average Bonchev–Trinajstić information content (AvgIpc) is 2.36. The fraction of sp³-hybridized carbons (Fsp3) is 0.133. The van der Waals surface area contributed by atoms with Crippen molar-refractivity contribution < 1.29 is 9.18 Å². The lowest BCUT2D eigenvalue weighted by molar-refractivity contribution is 0.102. The zero-order valence-corrected chi connectivity index (χ0v) is 10.8. The molecule has 0 unspecified atom stereocenters. The Bertz CT molecular complexity index is 638. The summed E-state index contributed by atoms with van der Waals surface area (Å²) in [7, 11) is 0. The molecule has 2 rings (SSSR count). The summed E-state index contributed by atoms with van der Waals surface area (Å²) in [6.07, 6.45) is 0. The van der Waals surface area contributed by atoms with Gasteiger partial charge >= 0.3 is 0 Å². The molecule has 0 radical (unpaired) electrons. The first-order valence-electron chi connectivity index (χ1n) is 5.91. The normalized spacial score (nSPS) is 10.3. The molecule has 0 atom stereocenters. The number of hydrogen-bond acceptors (Lipinski definition) is 2. The number of halogens is 1. The summed E-state index contributed by atoms with van der Waals surface area (Å²) < 4.78 is 13.7. The molecular formula is C15H15FN2O. The molecule has 0 spiro atoms. The molecule has 0 aromatic heterocycles. The summed E-state index contributed by atoms with van der Waals surface area (Å²) in [6, 6.07) is 9.82. The fourth-order valence-corrected chi connectivity index (χ4v) is 1.79. The molecule has 0 saturated carbocycles. The van der Waals surface area contributed by atoms with Crippen LogP contribution in [0.4, 0.5) is 15.8 Å². The highest BCUT2D eigenvalue weighted by Gasteiger charge is 2.13. The number of nitrogen functional groups attached to an aromatic ring is 1. The zero-order chi connectivity index (χ0) is 14.0. The van der Waals surface area contributed by atoms with Crippen LogP contribution in [-0.2, 0) is 0 Å². The topological polar surface area (TPSA) is 55.1 Å². The molecule has 0 bridgehead atoms. The maximum atomic E-state index is 13.7. The van der Waals surface area contributed by atoms with Crippen molar-refractivity contribution in [1.29, 1.82) is 0 Å². The van der Waals surface area contributed by atoms with E-state index in [1.807, 2.05) is 13.0 Å². The van der Waals surface area contributed by atoms with Crippen molar-refractivity contribution in [2.75, 3.05) is 11.1 Å². The Balaban J connectivity index is 2.28. The van der Waals surface area contributed by atoms with E-state index in [0.717, 1.165) is 11.1 Å². The average molecular weight is 258 g/mol. The van der Waals surface area contributed by atoms with Gasteiger partial charge in [-0.15, -0.1) is 0 Å². The monoisotopic (exact) mass is 258 g/mol. The summed E-state index contributed by atoms with van der Waals surface area (Å²) in [4.78, 5) is 12.1. The summed E-state index contributed by atoms with van der Waals surface area (Å²) in [6.45, 7) is 3.60. The number of carbonyl (C=O) groups excluding carboxylic acids is 1. The van der Waals surface area contributed by atoms with Crippen LogP contribution in [0.3, 0.4) is 0 Å². The van der Waals surface area contributed by atoms with Gasteiger partial charge < -0.3 is 11.1 Å². The maximum absolute atomic E-state index is 13.7. The van der Waals surface area contributed by atoms with Gasteiger partial charge in [0.25, 0.3) is 5.91 Å². The molecule has 98 valence electrons. The maximum Gasteiger partial charge on any atom is 0.257 e. The largest absolute Gasteiger partial charge is 0.398 e. The second kappa shape index (κ2) is 5.10. The SMILES string of the molecule is Cc1ccc(NC(=O)c2cccc(C)c2N)c(F)c1. The van der Waals surface area contributed by atoms with E-state index in [2.05, 4.69) is 5.32 Å². The summed E-state index contributed by atoms with van der Waals surface area (Å²) in [5.74, 6) is -0.872. The molecule has 1 amide bonds. The Hall–Kier alpha value is -2.36. The van der Waals surface area contributed by atoms with E-state index in [1.54, 1.807) is 25.1 Å². The summed E-state index contributed by atoms with van der Waals surface area (Å²) in [5.41, 5.74) is 8.36. The molecule has 3 N–H and O–H groups in total. The Kier molecular flexibility index (Phi) is 3.51. The third-order valence-electron chi connectivity index (χ3n) is 2.94. The highest BCUT2D eigenvalue weighted by Crippen LogP contribution is 2.20. The third kappa shape index (κ3) is 2.73. The van der Waals surface area contributed by atoms with Gasteiger partial charge in [-0.25, -0.2) is 4.39 Å². The minimum absolute atomic E-state index is 0.150. The van der Waals surface area contributed by atoms with E-state index in [1.165, 1.54) is 12.1 Å². The van der Waals surface area contributed by atoms with Crippen molar-refractivity contribution in [3.63, 3.8) is 0 Å². The van der Waals surface area contributed by atoms with Crippen molar-refractivity contribution in [2.45, 2.75) is 13.8 Å². The molecule has 2 aromatic rings. The smallest absolute Gasteiger partial charge is 0.257 e. The van der Waals surface area contributed by atoms with Crippen molar-refractivity contribution in [2.24, 2.45) is 0 Å². The van der Waals surface area contributed by atoms with Gasteiger partial charge in [0.05, 0.1) is 11.3 Å². The second-order valence-electron chi connectivity index (χ2n) is 4.47. The minimum Gasteiger partial charge on any atom is -0.398 e. The van der Waals surface area contributed by atoms with Gasteiger partial charge in [-0.2, -0.15) is 0 Å². The number of amides is 1. The number of para-hydroxylation sites is 1. The summed E-state index contributed by atoms with van der Waals surface area (Å²) >= 11 is 0. The Morgan fingerprint density at radius 2 is 1.95 bits per heavy atom. The highest BCUT2D eigenvalue weighted by atomic mass is 19.1. The van der Waals surface area contributed by atoms with Gasteiger partial charge in [-0.1, -0.05) is 18.2 Å². The van der Waals surface area contributed by atoms with E-state index in [4.69, 9.17) is 5.73 Å². The molecule has 0 aliphatic rings. The van der Waals surface area contributed by atoms with E-state index < -0.39 is 11.7 Å². The van der Waals surface area contributed by atoms with Crippen molar-refractivity contribution in [3.8, 4) is 0 Å². The number of anilines is 2. The van der Waals surface area contributed by atoms with Crippen LogP contribution in [0.25, 0.3) is 0 Å². The lowest BCUT2D eigenvalue weighted by Crippen LogP contribution is -2.15. The Morgan fingerprint density at radius 3 is 2.63 bits per heavy atom. The third-order valence-corrected chi connectivity index (χ3v) is 2.94. The first-order valence-corrected chi connectivity index (χ1v) is 5.91. The Morgan fingerprint density at radius 1 is 1.21 bits per heavy atom. The molecule has 0 fully saturated rings. The number of benzene rings is 2. The highest BCUT2D eigenvalue weighted by molar-refractivity contribution is 6.08. The number of nitrogens with one attached hydrogen (secondary N) is 1. The first-order chi connectivity index (χ1) is 8.99. The first kappa shape index (κ1) is 13.1. The van der Waals surface area contributed by atoms with Crippen molar-refractivity contribution in [1.82, 2.24) is 0 Å². The number of nitrogens with two attached hydrogens (primary N) is 1. The predicted molar refractivity (Wildman–Crippen MR) is 74.7 cm³/mol. The van der Waals surface area contributed by atoms with Gasteiger partial charge in [0.15, 0.2) is 0 Å². The van der Waals surface area contributed by atoms with Gasteiger partial charge in [-0.05, 0) is 43.2 Å². The standard InChI is InChI=1S/C15H15FN2O/c1-9-6-7-13(12(16)8-9)18-15(19)11-5-3-4-10(2)14(11)17/h3-8H,17H2,1-2H3,(H,18,19). The van der Waals surface area contributed by atoms with Crippen LogP contribution in [0.2, 0.25) is 0 Å². The van der Waals surface area contributed by atoms with Gasteiger partial charge in [-0.3, -0.25) is 4.79 Å². The van der Waals surface area contributed by atoms with Crippen LogP contribution < -0.4 is 11.1 Å². The van der Waals surface area contributed by atoms with Crippen LogP contribution in [-0.4, -0.2) is 5.91 Å². The number of aryl methyl sites for hydroxylation is 2. The van der Waals surface area contributed by atoms with E-state index >= 15 is 0 Å². The molecule has 0 aliphatic heterocycles. The zero-order valence-electron chi connectivity index (χ0n) is 10.8. The van der Waals surface area contributed by atoms with Gasteiger partial charge in [0.2, 0.25) is 0 Å². The molecule has 0 aliphatic carbocycles. The van der Waals surface area contributed by atoms with E-state index in [9.17, 15) is 9.18 Å². The minimum atomic E-state index is -0.459. The predicted octanol–water partition coefficient (Wildman–Crippen LogP) is 3.28. The van der Waals surface area contributed by atoms with Crippen molar-refractivity contribution >= 4 is 17.3 Å². The molecule has 2 aromatic carbocycles. The van der Waals surface area contributed by atoms with Crippen LogP contribution in [0.1, 0.15) is 21.5 Å². The summed E-state index contributed by atoms with van der Waals surface area (Å²) in [5, 5.41) is 2.53. The lowest BCUT2D eigenvalue weighted by Gasteiger charge is -2.10. The Labute approximate surface area is 111 Å². The second-order valence-corrected chi connectivity index (χ2v) is 4.47. The van der Waals surface area contributed by atoms with Crippen LogP contribution >= 0.6 is 0 Å². The molecule has 4 heteroatoms. The van der Waals surface area contributed by atoms with Gasteiger partial charge in [0, 0.05) is 5.69 Å². The van der Waals surface area contributed by atoms with E-state index in [-0.39, 0.29) is 5.69 Å². The van der Waals surface area contributed by atoms with Crippen molar-refractivity contribution in [3.05, 3.63) is 58.9 Å². The molecule has 3 nitrogen and oxygen atoms in total. The molecule has 19 heavy (non-hydrogen) atoms. The van der Waals surface area contributed by atoms with Crippen LogP contribution in [0, 0.1) is 19.7 Å². The fourth-order valence-electron chi connectivity index (χ4n) is 1.79. The molecule has 0 heterocycles. The molecule has 0 saturated heterocycles. The quantitative estimate of drug-likeness (QED) is 0.812. The molecular weight excluding hydrogens is 243 g/mol. The number of carbonyl (C=O) groups is 1. The lowest BCUT2D eigenvalue weighted by atomic mass is 10.1. The van der Waals surface area contributed by atoms with Gasteiger partial charge in [0.1, 0.15) is 5.82 Å². The van der Waals surface area contributed by atoms with E-state index in [0.29, 0.717) is 11.3 Å². The number of rotatable bonds is 2. The van der Waals surface area contributed by atoms with Crippen LogP contribution in [0.15, 0.2) is 36.4 Å².